The Hall–Kier alpha value is -3.14. The number of anilines is 1. The number of nitrogen functional groups attached to an aromatic ring is 1. The summed E-state index contributed by atoms with van der Waals surface area (Å²) in [5.41, 5.74) is 8.54. The first-order valence-corrected chi connectivity index (χ1v) is 7.89. The van der Waals surface area contributed by atoms with Gasteiger partial charge in [0.05, 0.1) is 5.92 Å². The second-order valence-electron chi connectivity index (χ2n) is 5.87. The lowest BCUT2D eigenvalue weighted by Gasteiger charge is -2.10. The Morgan fingerprint density at radius 3 is 2.62 bits per heavy atom. The van der Waals surface area contributed by atoms with Crippen molar-refractivity contribution in [2.75, 3.05) is 5.73 Å². The second kappa shape index (κ2) is 5.81. The van der Waals surface area contributed by atoms with E-state index >= 15 is 0 Å². The summed E-state index contributed by atoms with van der Waals surface area (Å²) in [7, 11) is 0. The van der Waals surface area contributed by atoms with Crippen LogP contribution < -0.4 is 5.73 Å². The maximum atomic E-state index is 5.83. The number of benzene rings is 3. The molecule has 1 heterocycles. The zero-order chi connectivity index (χ0) is 16.5. The highest BCUT2D eigenvalue weighted by Gasteiger charge is 2.19. The molecule has 0 saturated heterocycles. The second-order valence-corrected chi connectivity index (χ2v) is 5.87. The van der Waals surface area contributed by atoms with Crippen LogP contribution in [-0.2, 0) is 0 Å². The number of nitrogens with two attached hydrogens (primary N) is 1. The zero-order valence-electron chi connectivity index (χ0n) is 13.3. The van der Waals surface area contributed by atoms with Crippen molar-refractivity contribution in [1.29, 1.82) is 0 Å². The van der Waals surface area contributed by atoms with Crippen molar-refractivity contribution in [3.05, 3.63) is 78.2 Å². The Labute approximate surface area is 139 Å². The van der Waals surface area contributed by atoms with Gasteiger partial charge in [-0.05, 0) is 35.4 Å². The van der Waals surface area contributed by atoms with Crippen LogP contribution in [0.2, 0.25) is 0 Å². The molecule has 0 saturated carbocycles. The van der Waals surface area contributed by atoms with Crippen LogP contribution in [0, 0.1) is 0 Å². The van der Waals surface area contributed by atoms with E-state index in [9.17, 15) is 0 Å². The summed E-state index contributed by atoms with van der Waals surface area (Å²) in [6.07, 6.45) is 0. The van der Waals surface area contributed by atoms with Crippen molar-refractivity contribution in [2.24, 2.45) is 0 Å². The van der Waals surface area contributed by atoms with Gasteiger partial charge < -0.3 is 10.3 Å². The summed E-state index contributed by atoms with van der Waals surface area (Å²) in [6.45, 7) is 2.08. The Morgan fingerprint density at radius 2 is 1.75 bits per heavy atom. The van der Waals surface area contributed by atoms with E-state index in [2.05, 4.69) is 47.4 Å². The first-order chi connectivity index (χ1) is 11.7. The van der Waals surface area contributed by atoms with Gasteiger partial charge in [-0.1, -0.05) is 59.8 Å². The fraction of sp³-hybridized carbons (Fsp3) is 0.100. The number of aromatic nitrogens is 2. The van der Waals surface area contributed by atoms with Gasteiger partial charge in [-0.15, -0.1) is 0 Å². The van der Waals surface area contributed by atoms with Crippen LogP contribution in [0.4, 0.5) is 5.69 Å². The third kappa shape index (κ3) is 2.52. The monoisotopic (exact) mass is 315 g/mol. The molecular formula is C20H17N3O. The maximum absolute atomic E-state index is 5.83. The first kappa shape index (κ1) is 14.5. The number of rotatable bonds is 3. The number of hydrogen-bond acceptors (Lipinski definition) is 4. The van der Waals surface area contributed by atoms with E-state index < -0.39 is 0 Å². The average molecular weight is 315 g/mol. The lowest BCUT2D eigenvalue weighted by molar-refractivity contribution is 0.371. The van der Waals surface area contributed by atoms with Crippen LogP contribution in [0.5, 0.6) is 0 Å². The van der Waals surface area contributed by atoms with Gasteiger partial charge in [-0.2, -0.15) is 4.98 Å². The molecule has 0 radical (unpaired) electrons. The first-order valence-electron chi connectivity index (χ1n) is 7.89. The van der Waals surface area contributed by atoms with Crippen molar-refractivity contribution in [1.82, 2.24) is 10.1 Å². The van der Waals surface area contributed by atoms with Gasteiger partial charge in [-0.25, -0.2) is 0 Å². The van der Waals surface area contributed by atoms with Crippen molar-refractivity contribution < 1.29 is 4.52 Å². The molecule has 0 spiro atoms. The molecular weight excluding hydrogens is 298 g/mol. The quantitative estimate of drug-likeness (QED) is 0.560. The van der Waals surface area contributed by atoms with Crippen LogP contribution in [0.25, 0.3) is 22.2 Å². The molecule has 24 heavy (non-hydrogen) atoms. The minimum Gasteiger partial charge on any atom is -0.399 e. The van der Waals surface area contributed by atoms with E-state index in [1.54, 1.807) is 0 Å². The molecule has 2 N–H and O–H groups in total. The number of nitrogens with zero attached hydrogens (tertiary/aromatic N) is 2. The molecule has 4 aromatic rings. The third-order valence-corrected chi connectivity index (χ3v) is 4.25. The summed E-state index contributed by atoms with van der Waals surface area (Å²) >= 11 is 0. The molecule has 1 atom stereocenters. The lowest BCUT2D eigenvalue weighted by Crippen LogP contribution is -1.97. The summed E-state index contributed by atoms with van der Waals surface area (Å²) in [6, 6.07) is 22.1. The summed E-state index contributed by atoms with van der Waals surface area (Å²) in [4.78, 5) is 4.57. The SMILES string of the molecule is CC(c1nc(-c2cccc(N)c2)no1)c1cccc2ccccc12. The molecule has 1 aromatic heterocycles. The van der Waals surface area contributed by atoms with E-state index in [0.717, 1.165) is 5.56 Å². The van der Waals surface area contributed by atoms with Gasteiger partial charge in [0.15, 0.2) is 0 Å². The van der Waals surface area contributed by atoms with Crippen LogP contribution >= 0.6 is 0 Å². The summed E-state index contributed by atoms with van der Waals surface area (Å²) < 4.78 is 5.52. The molecule has 0 aliphatic rings. The zero-order valence-corrected chi connectivity index (χ0v) is 13.3. The highest BCUT2D eigenvalue weighted by molar-refractivity contribution is 5.86. The van der Waals surface area contributed by atoms with E-state index in [0.29, 0.717) is 17.4 Å². The molecule has 0 bridgehead atoms. The minimum atomic E-state index is 0.0124. The van der Waals surface area contributed by atoms with E-state index in [1.165, 1.54) is 16.3 Å². The van der Waals surface area contributed by atoms with Gasteiger partial charge in [0.2, 0.25) is 11.7 Å². The molecule has 4 nitrogen and oxygen atoms in total. The van der Waals surface area contributed by atoms with Crippen molar-refractivity contribution >= 4 is 16.5 Å². The van der Waals surface area contributed by atoms with Gasteiger partial charge in [0, 0.05) is 11.3 Å². The largest absolute Gasteiger partial charge is 0.399 e. The predicted octanol–water partition coefficient (Wildman–Crippen LogP) is 4.62. The van der Waals surface area contributed by atoms with Gasteiger partial charge in [0.25, 0.3) is 0 Å². The fourth-order valence-corrected chi connectivity index (χ4v) is 2.97. The van der Waals surface area contributed by atoms with Gasteiger partial charge >= 0.3 is 0 Å². The fourth-order valence-electron chi connectivity index (χ4n) is 2.97. The standard InChI is InChI=1S/C20H17N3O/c1-13(17-11-5-7-14-6-2-3-10-18(14)17)20-22-19(23-24-20)15-8-4-9-16(21)12-15/h2-13H,21H2,1H3. The van der Waals surface area contributed by atoms with Crippen molar-refractivity contribution in [3.63, 3.8) is 0 Å². The maximum Gasteiger partial charge on any atom is 0.234 e. The van der Waals surface area contributed by atoms with Gasteiger partial charge in [-0.3, -0.25) is 0 Å². The normalized spacial score (nSPS) is 12.4. The van der Waals surface area contributed by atoms with Crippen molar-refractivity contribution in [2.45, 2.75) is 12.8 Å². The molecule has 118 valence electrons. The molecule has 0 aliphatic carbocycles. The van der Waals surface area contributed by atoms with Crippen LogP contribution in [0.3, 0.4) is 0 Å². The Balaban J connectivity index is 1.74. The molecule has 0 amide bonds. The minimum absolute atomic E-state index is 0.0124. The smallest absolute Gasteiger partial charge is 0.234 e. The van der Waals surface area contributed by atoms with E-state index in [4.69, 9.17) is 10.3 Å². The Bertz CT molecular complexity index is 1000. The van der Waals surface area contributed by atoms with Crippen LogP contribution in [-0.4, -0.2) is 10.1 Å². The molecule has 4 heteroatoms. The predicted molar refractivity (Wildman–Crippen MR) is 95.6 cm³/mol. The Morgan fingerprint density at radius 1 is 0.958 bits per heavy atom. The lowest BCUT2D eigenvalue weighted by atomic mass is 9.95. The summed E-state index contributed by atoms with van der Waals surface area (Å²) in [5, 5.41) is 6.52. The van der Waals surface area contributed by atoms with Crippen molar-refractivity contribution in [3.8, 4) is 11.4 Å². The highest BCUT2D eigenvalue weighted by atomic mass is 16.5. The topological polar surface area (TPSA) is 64.9 Å². The number of fused-ring (bicyclic) bond motifs is 1. The van der Waals surface area contributed by atoms with Gasteiger partial charge in [0.1, 0.15) is 0 Å². The average Bonchev–Trinajstić information content (AvgIpc) is 3.11. The molecule has 0 fully saturated rings. The molecule has 1 unspecified atom stereocenters. The number of hydrogen-bond donors (Lipinski definition) is 1. The van der Waals surface area contributed by atoms with Crippen LogP contribution in [0.1, 0.15) is 24.3 Å². The molecule has 3 aromatic carbocycles. The molecule has 0 aliphatic heterocycles. The van der Waals surface area contributed by atoms with E-state index in [-0.39, 0.29) is 5.92 Å². The van der Waals surface area contributed by atoms with Crippen LogP contribution in [0.15, 0.2) is 71.3 Å². The Kier molecular flexibility index (Phi) is 3.50. The van der Waals surface area contributed by atoms with E-state index in [1.807, 2.05) is 36.4 Å². The molecule has 4 rings (SSSR count). The third-order valence-electron chi connectivity index (χ3n) is 4.25. The highest BCUT2D eigenvalue weighted by Crippen LogP contribution is 2.30. The summed E-state index contributed by atoms with van der Waals surface area (Å²) in [5.74, 6) is 1.17.